The molecule has 5 heteroatoms. The molecule has 1 radical (unpaired) electrons. The van der Waals surface area contributed by atoms with Crippen LogP contribution in [0.4, 0.5) is 0 Å². The summed E-state index contributed by atoms with van der Waals surface area (Å²) in [5.41, 5.74) is 6.64. The van der Waals surface area contributed by atoms with Gasteiger partial charge in [-0.1, -0.05) is 18.2 Å². The van der Waals surface area contributed by atoms with Gasteiger partial charge < -0.3 is 9.13 Å². The molecule has 0 saturated carbocycles. The molecule has 0 aliphatic heterocycles. The fraction of sp³-hybridized carbons (Fsp3) is 0.200. The first-order chi connectivity index (χ1) is 11.6. The first-order valence-corrected chi connectivity index (χ1v) is 8.01. The van der Waals surface area contributed by atoms with Gasteiger partial charge in [0.1, 0.15) is 0 Å². The van der Waals surface area contributed by atoms with Gasteiger partial charge in [-0.2, -0.15) is 0 Å². The molecule has 2 aromatic carbocycles. The Morgan fingerprint density at radius 1 is 1.08 bits per heavy atom. The van der Waals surface area contributed by atoms with E-state index < -0.39 is 0 Å². The zero-order valence-electron chi connectivity index (χ0n) is 14.7. The van der Waals surface area contributed by atoms with Crippen LogP contribution < -0.4 is 0 Å². The summed E-state index contributed by atoms with van der Waals surface area (Å²) in [5.74, 6) is 1.88. The Labute approximate surface area is 160 Å². The second kappa shape index (κ2) is 6.58. The zero-order valence-corrected chi connectivity index (χ0v) is 17.1. The second-order valence-electron chi connectivity index (χ2n) is 6.20. The summed E-state index contributed by atoms with van der Waals surface area (Å²) in [5, 5.41) is 0. The summed E-state index contributed by atoms with van der Waals surface area (Å²) in [7, 11) is 2.02. The zero-order chi connectivity index (χ0) is 16.8. The second-order valence-corrected chi connectivity index (χ2v) is 6.20. The molecule has 0 atom stereocenters. The SMILES string of the molecule is Cc1cccc(C)c1-n1ccnc1-c1[c-]cc2c(c1)nc(C)n2C.[Ir]. The number of hydrogen-bond donors (Lipinski definition) is 0. The fourth-order valence-corrected chi connectivity index (χ4v) is 3.25. The van der Waals surface area contributed by atoms with Crippen molar-refractivity contribution in [1.82, 2.24) is 19.1 Å². The summed E-state index contributed by atoms with van der Waals surface area (Å²) < 4.78 is 4.21. The molecule has 0 amide bonds. The third-order valence-electron chi connectivity index (χ3n) is 4.60. The molecule has 0 aliphatic rings. The van der Waals surface area contributed by atoms with Crippen LogP contribution in [0.2, 0.25) is 0 Å². The van der Waals surface area contributed by atoms with Gasteiger partial charge >= 0.3 is 0 Å². The maximum atomic E-state index is 4.63. The van der Waals surface area contributed by atoms with Gasteiger partial charge in [0.05, 0.1) is 11.6 Å². The molecule has 0 fully saturated rings. The van der Waals surface area contributed by atoms with Crippen LogP contribution in [0.5, 0.6) is 0 Å². The number of para-hydroxylation sites is 1. The van der Waals surface area contributed by atoms with Crippen molar-refractivity contribution in [1.29, 1.82) is 0 Å². The van der Waals surface area contributed by atoms with E-state index in [4.69, 9.17) is 0 Å². The molecule has 2 aromatic heterocycles. The molecular weight excluding hydrogens is 488 g/mol. The number of hydrogen-bond acceptors (Lipinski definition) is 2. The van der Waals surface area contributed by atoms with Crippen molar-refractivity contribution in [3.63, 3.8) is 0 Å². The smallest absolute Gasteiger partial charge is 0.0957 e. The third kappa shape index (κ3) is 2.84. The quantitative estimate of drug-likeness (QED) is 0.382. The van der Waals surface area contributed by atoms with Crippen LogP contribution in [-0.4, -0.2) is 19.1 Å². The first kappa shape index (κ1) is 17.6. The maximum absolute atomic E-state index is 4.63. The number of aromatic nitrogens is 4. The van der Waals surface area contributed by atoms with E-state index in [1.165, 1.54) is 16.8 Å². The number of rotatable bonds is 2. The average molecular weight is 508 g/mol. The third-order valence-corrected chi connectivity index (χ3v) is 4.60. The molecule has 0 saturated heterocycles. The van der Waals surface area contributed by atoms with Crippen LogP contribution in [0.25, 0.3) is 28.1 Å². The number of fused-ring (bicyclic) bond motifs is 1. The number of aryl methyl sites for hydroxylation is 4. The van der Waals surface area contributed by atoms with Crippen molar-refractivity contribution in [2.75, 3.05) is 0 Å². The number of benzene rings is 2. The molecule has 4 nitrogen and oxygen atoms in total. The summed E-state index contributed by atoms with van der Waals surface area (Å²) in [6.45, 7) is 6.26. The number of nitrogens with zero attached hydrogens (tertiary/aromatic N) is 4. The minimum atomic E-state index is 0. The predicted octanol–water partition coefficient (Wildman–Crippen LogP) is 4.15. The molecule has 0 bridgehead atoms. The van der Waals surface area contributed by atoms with Crippen LogP contribution in [0, 0.1) is 26.8 Å². The fourth-order valence-electron chi connectivity index (χ4n) is 3.25. The monoisotopic (exact) mass is 508 g/mol. The van der Waals surface area contributed by atoms with E-state index in [0.717, 1.165) is 28.2 Å². The molecule has 0 spiro atoms. The number of imidazole rings is 2. The van der Waals surface area contributed by atoms with Crippen LogP contribution in [-0.2, 0) is 27.2 Å². The molecule has 4 aromatic rings. The average Bonchev–Trinajstić information content (AvgIpc) is 3.13. The van der Waals surface area contributed by atoms with E-state index in [9.17, 15) is 0 Å². The Morgan fingerprint density at radius 2 is 1.80 bits per heavy atom. The standard InChI is InChI=1S/C20H19N4.Ir/c1-13-6-5-7-14(2)19(13)24-11-10-21-20(24)16-8-9-18-17(12-16)22-15(3)23(18)4;/h5-7,9-12H,1-4H3;/q-1;. The van der Waals surface area contributed by atoms with E-state index in [-0.39, 0.29) is 20.1 Å². The van der Waals surface area contributed by atoms with E-state index in [2.05, 4.69) is 63.3 Å². The summed E-state index contributed by atoms with van der Waals surface area (Å²) in [4.78, 5) is 9.20. The minimum Gasteiger partial charge on any atom is -0.371 e. The van der Waals surface area contributed by atoms with E-state index in [1.54, 1.807) is 0 Å². The van der Waals surface area contributed by atoms with Crippen LogP contribution in [0.1, 0.15) is 17.0 Å². The van der Waals surface area contributed by atoms with Gasteiger partial charge in [0.2, 0.25) is 0 Å². The summed E-state index contributed by atoms with van der Waals surface area (Å²) in [6.07, 6.45) is 3.84. The molecule has 2 heterocycles. The molecule has 0 N–H and O–H groups in total. The maximum Gasteiger partial charge on any atom is 0.0957 e. The van der Waals surface area contributed by atoms with Crippen molar-refractivity contribution in [3.05, 3.63) is 65.7 Å². The minimum absolute atomic E-state index is 0. The van der Waals surface area contributed by atoms with Gasteiger partial charge in [-0.15, -0.1) is 23.8 Å². The van der Waals surface area contributed by atoms with E-state index in [1.807, 2.05) is 32.4 Å². The Balaban J connectivity index is 0.00000182. The Morgan fingerprint density at radius 3 is 2.52 bits per heavy atom. The van der Waals surface area contributed by atoms with Gasteiger partial charge in [0.15, 0.2) is 0 Å². The molecule has 129 valence electrons. The topological polar surface area (TPSA) is 35.6 Å². The van der Waals surface area contributed by atoms with Crippen LogP contribution in [0.15, 0.2) is 42.7 Å². The molecule has 0 unspecified atom stereocenters. The van der Waals surface area contributed by atoms with Gasteiger partial charge in [-0.3, -0.25) is 9.97 Å². The van der Waals surface area contributed by atoms with E-state index >= 15 is 0 Å². The van der Waals surface area contributed by atoms with Gasteiger partial charge in [-0.05, 0) is 37.4 Å². The van der Waals surface area contributed by atoms with Crippen LogP contribution >= 0.6 is 0 Å². The largest absolute Gasteiger partial charge is 0.371 e. The van der Waals surface area contributed by atoms with Crippen molar-refractivity contribution in [2.24, 2.45) is 7.05 Å². The Kier molecular flexibility index (Phi) is 4.63. The molecular formula is C20H19IrN4-. The van der Waals surface area contributed by atoms with Crippen molar-refractivity contribution < 1.29 is 20.1 Å². The van der Waals surface area contributed by atoms with E-state index in [0.29, 0.717) is 0 Å². The normalized spacial score (nSPS) is 10.9. The Bertz CT molecular complexity index is 1040. The Hall–Kier alpha value is -2.23. The van der Waals surface area contributed by atoms with Gasteiger partial charge in [-0.25, -0.2) is 0 Å². The van der Waals surface area contributed by atoms with Gasteiger partial charge in [0, 0.05) is 50.8 Å². The molecule has 0 aliphatic carbocycles. The molecule has 25 heavy (non-hydrogen) atoms. The first-order valence-electron chi connectivity index (χ1n) is 8.01. The van der Waals surface area contributed by atoms with Crippen LogP contribution in [0.3, 0.4) is 0 Å². The van der Waals surface area contributed by atoms with Crippen molar-refractivity contribution in [3.8, 4) is 17.1 Å². The van der Waals surface area contributed by atoms with Gasteiger partial charge in [0.25, 0.3) is 0 Å². The molecule has 4 rings (SSSR count). The van der Waals surface area contributed by atoms with Crippen molar-refractivity contribution >= 4 is 11.0 Å². The predicted molar refractivity (Wildman–Crippen MR) is 96.3 cm³/mol. The summed E-state index contributed by atoms with van der Waals surface area (Å²) in [6, 6.07) is 13.8. The summed E-state index contributed by atoms with van der Waals surface area (Å²) >= 11 is 0. The van der Waals surface area contributed by atoms with Crippen molar-refractivity contribution in [2.45, 2.75) is 20.8 Å².